The van der Waals surface area contributed by atoms with E-state index in [0.29, 0.717) is 22.3 Å². The van der Waals surface area contributed by atoms with Crippen LogP contribution in [0.5, 0.6) is 5.75 Å². The summed E-state index contributed by atoms with van der Waals surface area (Å²) in [5, 5.41) is 13.7. The average Bonchev–Trinajstić information content (AvgIpc) is 3.02. The van der Waals surface area contributed by atoms with E-state index in [1.165, 1.54) is 25.3 Å². The molecule has 1 amide bonds. The van der Waals surface area contributed by atoms with Crippen LogP contribution in [-0.4, -0.2) is 26.7 Å². The van der Waals surface area contributed by atoms with Crippen molar-refractivity contribution in [2.75, 3.05) is 12.4 Å². The topological polar surface area (TPSA) is 107 Å². The molecule has 0 spiro atoms. The molecular weight excluding hydrogens is 320 g/mol. The van der Waals surface area contributed by atoms with Gasteiger partial charge >= 0.3 is 0 Å². The molecular formula is C14H10N4O4S. The number of hydrogen-bond donors (Lipinski definition) is 1. The van der Waals surface area contributed by atoms with Crippen LogP contribution in [-0.2, 0) is 0 Å². The molecule has 8 nitrogen and oxygen atoms in total. The molecule has 0 bridgehead atoms. The minimum atomic E-state index is -0.578. The lowest BCUT2D eigenvalue weighted by molar-refractivity contribution is -0.384. The number of ether oxygens (including phenoxy) is 1. The minimum absolute atomic E-state index is 0.0947. The van der Waals surface area contributed by atoms with Gasteiger partial charge in [0, 0.05) is 5.56 Å². The Balaban J connectivity index is 1.91. The van der Waals surface area contributed by atoms with Gasteiger partial charge in [-0.15, -0.1) is 0 Å². The fourth-order valence-electron chi connectivity index (χ4n) is 2.01. The number of aromatic nitrogens is 2. The summed E-state index contributed by atoms with van der Waals surface area (Å²) in [5.41, 5.74) is 1.50. The summed E-state index contributed by atoms with van der Waals surface area (Å²) in [7, 11) is 1.41. The van der Waals surface area contributed by atoms with Crippen LogP contribution in [0, 0.1) is 10.1 Å². The van der Waals surface area contributed by atoms with Crippen LogP contribution in [0.3, 0.4) is 0 Å². The first-order valence-electron chi connectivity index (χ1n) is 6.44. The van der Waals surface area contributed by atoms with E-state index < -0.39 is 10.8 Å². The van der Waals surface area contributed by atoms with Gasteiger partial charge in [0.25, 0.3) is 11.6 Å². The van der Waals surface area contributed by atoms with E-state index in [2.05, 4.69) is 14.1 Å². The number of benzene rings is 2. The van der Waals surface area contributed by atoms with Gasteiger partial charge in [-0.1, -0.05) is 0 Å². The Kier molecular flexibility index (Phi) is 3.85. The summed E-state index contributed by atoms with van der Waals surface area (Å²) in [6, 6.07) is 9.07. The normalized spacial score (nSPS) is 10.5. The highest BCUT2D eigenvalue weighted by molar-refractivity contribution is 7.00. The SMILES string of the molecule is COc1ccc(NC(=O)c2ccc3nsnc3c2)c([N+](=O)[O-])c1. The smallest absolute Gasteiger partial charge is 0.296 e. The molecule has 0 saturated carbocycles. The molecule has 0 radical (unpaired) electrons. The molecule has 0 aliphatic rings. The Labute approximate surface area is 134 Å². The molecule has 3 aromatic rings. The van der Waals surface area contributed by atoms with Crippen molar-refractivity contribution in [1.82, 2.24) is 8.75 Å². The fourth-order valence-corrected chi connectivity index (χ4v) is 2.53. The Morgan fingerprint density at radius 3 is 2.74 bits per heavy atom. The van der Waals surface area contributed by atoms with Crippen LogP contribution in [0.15, 0.2) is 36.4 Å². The van der Waals surface area contributed by atoms with Gasteiger partial charge in [-0.05, 0) is 30.3 Å². The molecule has 1 heterocycles. The van der Waals surface area contributed by atoms with Gasteiger partial charge in [0.05, 0.1) is 29.8 Å². The predicted molar refractivity (Wildman–Crippen MR) is 85.0 cm³/mol. The molecule has 0 aliphatic heterocycles. The zero-order chi connectivity index (χ0) is 16.4. The number of hydrogen-bond acceptors (Lipinski definition) is 7. The lowest BCUT2D eigenvalue weighted by Crippen LogP contribution is -2.13. The predicted octanol–water partition coefficient (Wildman–Crippen LogP) is 2.86. The van der Waals surface area contributed by atoms with Crippen LogP contribution < -0.4 is 10.1 Å². The maximum Gasteiger partial charge on any atom is 0.296 e. The molecule has 1 N–H and O–H groups in total. The molecule has 0 fully saturated rings. The van der Waals surface area contributed by atoms with Crippen molar-refractivity contribution >= 4 is 40.0 Å². The molecule has 0 saturated heterocycles. The number of anilines is 1. The number of nitro groups is 1. The van der Waals surface area contributed by atoms with Gasteiger partial charge < -0.3 is 10.1 Å². The largest absolute Gasteiger partial charge is 0.496 e. The Bertz CT molecular complexity index is 909. The van der Waals surface area contributed by atoms with Crippen molar-refractivity contribution in [2.45, 2.75) is 0 Å². The van der Waals surface area contributed by atoms with Crippen molar-refractivity contribution in [3.05, 3.63) is 52.1 Å². The van der Waals surface area contributed by atoms with Crippen LogP contribution in [0.2, 0.25) is 0 Å². The van der Waals surface area contributed by atoms with Gasteiger partial charge in [-0.2, -0.15) is 8.75 Å². The Morgan fingerprint density at radius 2 is 2.00 bits per heavy atom. The van der Waals surface area contributed by atoms with E-state index in [0.717, 1.165) is 11.7 Å². The fraction of sp³-hybridized carbons (Fsp3) is 0.0714. The zero-order valence-corrected chi connectivity index (χ0v) is 12.7. The maximum absolute atomic E-state index is 12.3. The third kappa shape index (κ3) is 2.94. The van der Waals surface area contributed by atoms with Crippen molar-refractivity contribution in [3.8, 4) is 5.75 Å². The van der Waals surface area contributed by atoms with Crippen LogP contribution >= 0.6 is 11.7 Å². The van der Waals surface area contributed by atoms with E-state index in [-0.39, 0.29) is 11.4 Å². The van der Waals surface area contributed by atoms with Crippen molar-refractivity contribution in [3.63, 3.8) is 0 Å². The first-order valence-corrected chi connectivity index (χ1v) is 7.17. The molecule has 3 rings (SSSR count). The molecule has 0 atom stereocenters. The quantitative estimate of drug-likeness (QED) is 0.582. The average molecular weight is 330 g/mol. The highest BCUT2D eigenvalue weighted by Crippen LogP contribution is 2.29. The summed E-state index contributed by atoms with van der Waals surface area (Å²) in [6.45, 7) is 0. The summed E-state index contributed by atoms with van der Waals surface area (Å²) in [5.74, 6) is -0.127. The van der Waals surface area contributed by atoms with Crippen molar-refractivity contribution < 1.29 is 14.5 Å². The number of nitrogens with one attached hydrogen (secondary N) is 1. The molecule has 116 valence electrons. The zero-order valence-electron chi connectivity index (χ0n) is 11.8. The second-order valence-electron chi connectivity index (χ2n) is 4.56. The number of nitrogens with zero attached hydrogens (tertiary/aromatic N) is 3. The van der Waals surface area contributed by atoms with Crippen LogP contribution in [0.25, 0.3) is 11.0 Å². The number of nitro benzene ring substituents is 1. The number of fused-ring (bicyclic) bond motifs is 1. The highest BCUT2D eigenvalue weighted by Gasteiger charge is 2.18. The minimum Gasteiger partial charge on any atom is -0.496 e. The summed E-state index contributed by atoms with van der Waals surface area (Å²) in [4.78, 5) is 22.9. The van der Waals surface area contributed by atoms with Gasteiger partial charge in [0.2, 0.25) is 0 Å². The Hall–Kier alpha value is -3.07. The van der Waals surface area contributed by atoms with Crippen LogP contribution in [0.4, 0.5) is 11.4 Å². The summed E-state index contributed by atoms with van der Waals surface area (Å²) < 4.78 is 13.1. The van der Waals surface area contributed by atoms with Gasteiger partial charge in [0.15, 0.2) is 0 Å². The lowest BCUT2D eigenvalue weighted by atomic mass is 10.1. The maximum atomic E-state index is 12.3. The van der Waals surface area contributed by atoms with E-state index in [4.69, 9.17) is 4.74 Å². The van der Waals surface area contributed by atoms with E-state index >= 15 is 0 Å². The standard InChI is InChI=1S/C14H10N4O4S/c1-22-9-3-5-11(13(7-9)18(20)21)15-14(19)8-2-4-10-12(6-8)17-23-16-10/h2-7H,1H3,(H,15,19). The van der Waals surface area contributed by atoms with Crippen molar-refractivity contribution in [1.29, 1.82) is 0 Å². The molecule has 0 aliphatic carbocycles. The summed E-state index contributed by atoms with van der Waals surface area (Å²) >= 11 is 1.05. The molecule has 9 heteroatoms. The molecule has 1 aromatic heterocycles. The second-order valence-corrected chi connectivity index (χ2v) is 5.09. The van der Waals surface area contributed by atoms with E-state index in [9.17, 15) is 14.9 Å². The second kappa shape index (κ2) is 5.97. The van der Waals surface area contributed by atoms with E-state index in [1.54, 1.807) is 18.2 Å². The first kappa shape index (κ1) is 14.9. The number of amides is 1. The third-order valence-corrected chi connectivity index (χ3v) is 3.72. The molecule has 23 heavy (non-hydrogen) atoms. The lowest BCUT2D eigenvalue weighted by Gasteiger charge is -2.07. The number of methoxy groups -OCH3 is 1. The van der Waals surface area contributed by atoms with Gasteiger partial charge in [-0.3, -0.25) is 14.9 Å². The van der Waals surface area contributed by atoms with Crippen molar-refractivity contribution in [2.24, 2.45) is 0 Å². The number of carbonyl (C=O) groups is 1. The first-order chi connectivity index (χ1) is 11.1. The van der Waals surface area contributed by atoms with Gasteiger partial charge in [-0.25, -0.2) is 0 Å². The van der Waals surface area contributed by atoms with Gasteiger partial charge in [0.1, 0.15) is 22.5 Å². The number of carbonyl (C=O) groups excluding carboxylic acids is 1. The monoisotopic (exact) mass is 330 g/mol. The van der Waals surface area contributed by atoms with E-state index in [1.807, 2.05) is 0 Å². The highest BCUT2D eigenvalue weighted by atomic mass is 32.1. The van der Waals surface area contributed by atoms with Crippen LogP contribution in [0.1, 0.15) is 10.4 Å². The third-order valence-electron chi connectivity index (χ3n) is 3.17. The molecule has 0 unspecified atom stereocenters. The Morgan fingerprint density at radius 1 is 1.22 bits per heavy atom. The summed E-state index contributed by atoms with van der Waals surface area (Å²) in [6.07, 6.45) is 0. The molecule has 2 aromatic carbocycles. The number of rotatable bonds is 4.